The van der Waals surface area contributed by atoms with E-state index in [0.29, 0.717) is 26.1 Å². The van der Waals surface area contributed by atoms with E-state index in [0.717, 1.165) is 6.07 Å². The van der Waals surface area contributed by atoms with E-state index in [-0.39, 0.29) is 11.6 Å². The molecule has 0 aliphatic carbocycles. The molecule has 1 aliphatic heterocycles. The van der Waals surface area contributed by atoms with Crippen molar-refractivity contribution in [2.24, 2.45) is 0 Å². The van der Waals surface area contributed by atoms with Gasteiger partial charge in [0, 0.05) is 19.3 Å². The van der Waals surface area contributed by atoms with Gasteiger partial charge in [-0.3, -0.25) is 4.79 Å². The van der Waals surface area contributed by atoms with E-state index < -0.39 is 30.1 Å². The van der Waals surface area contributed by atoms with Crippen molar-refractivity contribution < 1.29 is 28.6 Å². The summed E-state index contributed by atoms with van der Waals surface area (Å²) in [5.41, 5.74) is -0.311. The number of carboxylic acids is 1. The number of aromatic carboxylic acids is 1. The summed E-state index contributed by atoms with van der Waals surface area (Å²) in [5, 5.41) is 11.7. The number of carbonyl (C=O) groups excluding carboxylic acids is 1. The monoisotopic (exact) mass is 297 g/mol. The first-order chi connectivity index (χ1) is 10.1. The number of amides is 1. The highest BCUT2D eigenvalue weighted by Gasteiger charge is 2.19. The molecule has 0 radical (unpaired) electrons. The molecule has 114 valence electrons. The Hall–Kier alpha value is -2.15. The van der Waals surface area contributed by atoms with Crippen molar-refractivity contribution in [1.29, 1.82) is 0 Å². The maximum Gasteiger partial charge on any atom is 0.339 e. The van der Waals surface area contributed by atoms with E-state index >= 15 is 0 Å². The SMILES string of the molecule is O=C(COc1c(F)cccc1C(=O)O)NC1CCOCC1. The van der Waals surface area contributed by atoms with Gasteiger partial charge in [0.15, 0.2) is 18.2 Å². The highest BCUT2D eigenvalue weighted by Crippen LogP contribution is 2.22. The van der Waals surface area contributed by atoms with Gasteiger partial charge in [-0.2, -0.15) is 0 Å². The van der Waals surface area contributed by atoms with Crippen LogP contribution in [0.4, 0.5) is 4.39 Å². The van der Waals surface area contributed by atoms with Crippen molar-refractivity contribution in [2.75, 3.05) is 19.8 Å². The molecule has 21 heavy (non-hydrogen) atoms. The maximum absolute atomic E-state index is 13.6. The van der Waals surface area contributed by atoms with Crippen molar-refractivity contribution in [3.8, 4) is 5.75 Å². The van der Waals surface area contributed by atoms with Crippen LogP contribution in [0.2, 0.25) is 0 Å². The minimum atomic E-state index is -1.31. The average Bonchev–Trinajstić information content (AvgIpc) is 2.46. The zero-order valence-corrected chi connectivity index (χ0v) is 11.3. The molecule has 1 aromatic carbocycles. The molecule has 0 bridgehead atoms. The van der Waals surface area contributed by atoms with E-state index in [4.69, 9.17) is 14.6 Å². The molecule has 7 heteroatoms. The number of hydrogen-bond donors (Lipinski definition) is 2. The van der Waals surface area contributed by atoms with Gasteiger partial charge in [0.1, 0.15) is 5.56 Å². The van der Waals surface area contributed by atoms with Crippen molar-refractivity contribution in [2.45, 2.75) is 18.9 Å². The van der Waals surface area contributed by atoms with E-state index in [1.54, 1.807) is 0 Å². The maximum atomic E-state index is 13.6. The number of ether oxygens (including phenoxy) is 2. The molecule has 0 aromatic heterocycles. The van der Waals surface area contributed by atoms with Crippen LogP contribution < -0.4 is 10.1 Å². The summed E-state index contributed by atoms with van der Waals surface area (Å²) >= 11 is 0. The van der Waals surface area contributed by atoms with Gasteiger partial charge in [0.25, 0.3) is 5.91 Å². The first kappa shape index (κ1) is 15.2. The molecular formula is C14H16FNO5. The Kier molecular flexibility index (Phi) is 5.10. The molecular weight excluding hydrogens is 281 g/mol. The van der Waals surface area contributed by atoms with Crippen LogP contribution in [-0.2, 0) is 9.53 Å². The number of carboxylic acid groups (broad SMARTS) is 1. The Morgan fingerprint density at radius 2 is 2.10 bits per heavy atom. The predicted molar refractivity (Wildman–Crippen MR) is 70.8 cm³/mol. The Morgan fingerprint density at radius 1 is 1.38 bits per heavy atom. The normalized spacial score (nSPS) is 15.5. The number of para-hydroxylation sites is 1. The second kappa shape index (κ2) is 7.03. The van der Waals surface area contributed by atoms with Crippen LogP contribution in [-0.4, -0.2) is 42.8 Å². The zero-order chi connectivity index (χ0) is 15.2. The van der Waals surface area contributed by atoms with Gasteiger partial charge in [0.2, 0.25) is 0 Å². The molecule has 1 heterocycles. The molecule has 0 spiro atoms. The molecule has 1 amide bonds. The summed E-state index contributed by atoms with van der Waals surface area (Å²) in [5.74, 6) is -2.96. The van der Waals surface area contributed by atoms with E-state index in [1.807, 2.05) is 0 Å². The highest BCUT2D eigenvalue weighted by atomic mass is 19.1. The second-order valence-electron chi connectivity index (χ2n) is 4.66. The third kappa shape index (κ3) is 4.16. The Morgan fingerprint density at radius 3 is 2.76 bits per heavy atom. The smallest absolute Gasteiger partial charge is 0.339 e. The Balaban J connectivity index is 1.93. The number of nitrogens with one attached hydrogen (secondary N) is 1. The lowest BCUT2D eigenvalue weighted by Crippen LogP contribution is -2.41. The molecule has 1 saturated heterocycles. The molecule has 1 fully saturated rings. The molecule has 6 nitrogen and oxygen atoms in total. The van der Waals surface area contributed by atoms with Crippen LogP contribution in [0.5, 0.6) is 5.75 Å². The third-order valence-electron chi connectivity index (χ3n) is 3.13. The van der Waals surface area contributed by atoms with Gasteiger partial charge in [-0.1, -0.05) is 6.07 Å². The average molecular weight is 297 g/mol. The van der Waals surface area contributed by atoms with Crippen LogP contribution in [0.15, 0.2) is 18.2 Å². The topological polar surface area (TPSA) is 84.9 Å². The zero-order valence-electron chi connectivity index (χ0n) is 11.3. The molecule has 1 aromatic rings. The van der Waals surface area contributed by atoms with Crippen molar-refractivity contribution in [1.82, 2.24) is 5.32 Å². The molecule has 0 atom stereocenters. The van der Waals surface area contributed by atoms with Gasteiger partial charge >= 0.3 is 5.97 Å². The lowest BCUT2D eigenvalue weighted by molar-refractivity contribution is -0.124. The van der Waals surface area contributed by atoms with Gasteiger partial charge in [-0.15, -0.1) is 0 Å². The first-order valence-electron chi connectivity index (χ1n) is 6.59. The number of carbonyl (C=O) groups is 2. The minimum Gasteiger partial charge on any atom is -0.480 e. The quantitative estimate of drug-likeness (QED) is 0.853. The Bertz CT molecular complexity index is 528. The molecule has 0 unspecified atom stereocenters. The van der Waals surface area contributed by atoms with Gasteiger partial charge in [-0.25, -0.2) is 9.18 Å². The summed E-state index contributed by atoms with van der Waals surface area (Å²) in [4.78, 5) is 22.7. The summed E-state index contributed by atoms with van der Waals surface area (Å²) in [7, 11) is 0. The van der Waals surface area contributed by atoms with Crippen molar-refractivity contribution in [3.63, 3.8) is 0 Å². The van der Waals surface area contributed by atoms with Gasteiger partial charge in [-0.05, 0) is 25.0 Å². The number of rotatable bonds is 5. The second-order valence-corrected chi connectivity index (χ2v) is 4.66. The Labute approximate surface area is 120 Å². The summed E-state index contributed by atoms with van der Waals surface area (Å²) in [6.45, 7) is 0.739. The van der Waals surface area contributed by atoms with Gasteiger partial charge in [0.05, 0.1) is 0 Å². The van der Waals surface area contributed by atoms with Crippen LogP contribution >= 0.6 is 0 Å². The molecule has 2 N–H and O–H groups in total. The molecule has 0 saturated carbocycles. The van der Waals surface area contributed by atoms with Crippen LogP contribution in [0.1, 0.15) is 23.2 Å². The van der Waals surface area contributed by atoms with Crippen LogP contribution in [0, 0.1) is 5.82 Å². The number of halogens is 1. The first-order valence-corrected chi connectivity index (χ1v) is 6.59. The largest absolute Gasteiger partial charge is 0.480 e. The standard InChI is InChI=1S/C14H16FNO5/c15-11-3-1-2-10(14(18)19)13(11)21-8-12(17)16-9-4-6-20-7-5-9/h1-3,9H,4-8H2,(H,16,17)(H,18,19). The summed E-state index contributed by atoms with van der Waals surface area (Å²) in [6.07, 6.45) is 1.43. The van der Waals surface area contributed by atoms with Crippen LogP contribution in [0.3, 0.4) is 0 Å². The third-order valence-corrected chi connectivity index (χ3v) is 3.13. The van der Waals surface area contributed by atoms with E-state index in [1.165, 1.54) is 12.1 Å². The van der Waals surface area contributed by atoms with Crippen LogP contribution in [0.25, 0.3) is 0 Å². The lowest BCUT2D eigenvalue weighted by Gasteiger charge is -2.23. The fraction of sp³-hybridized carbons (Fsp3) is 0.429. The van der Waals surface area contributed by atoms with E-state index in [2.05, 4.69) is 5.32 Å². The number of hydrogen-bond acceptors (Lipinski definition) is 4. The number of benzene rings is 1. The summed E-state index contributed by atoms with van der Waals surface area (Å²) in [6, 6.07) is 3.58. The fourth-order valence-electron chi connectivity index (χ4n) is 2.07. The summed E-state index contributed by atoms with van der Waals surface area (Å²) < 4.78 is 23.8. The highest BCUT2D eigenvalue weighted by molar-refractivity contribution is 5.91. The van der Waals surface area contributed by atoms with E-state index in [9.17, 15) is 14.0 Å². The predicted octanol–water partition coefficient (Wildman–Crippen LogP) is 1.20. The lowest BCUT2D eigenvalue weighted by atomic mass is 10.1. The van der Waals surface area contributed by atoms with Crippen molar-refractivity contribution in [3.05, 3.63) is 29.6 Å². The minimum absolute atomic E-state index is 0.00872. The fourth-order valence-corrected chi connectivity index (χ4v) is 2.07. The molecule has 2 rings (SSSR count). The van der Waals surface area contributed by atoms with Gasteiger partial charge < -0.3 is 19.9 Å². The molecule has 1 aliphatic rings. The van der Waals surface area contributed by atoms with Crippen molar-refractivity contribution >= 4 is 11.9 Å².